The van der Waals surface area contributed by atoms with Crippen LogP contribution in [0.25, 0.3) is 0 Å². The number of ketones is 1. The minimum atomic E-state index is -1.50. The smallest absolute Gasteiger partial charge is 0.198 e. The van der Waals surface area contributed by atoms with Gasteiger partial charge in [-0.1, -0.05) is 59.7 Å². The van der Waals surface area contributed by atoms with Crippen LogP contribution in [-0.2, 0) is 5.60 Å². The first-order chi connectivity index (χ1) is 8.91. The SMILES string of the molecule is Cc1ccc(C(=O)C(C)(O)c2ccc(C)cc2)cc1. The molecule has 98 valence electrons. The summed E-state index contributed by atoms with van der Waals surface area (Å²) in [5.74, 6) is -0.281. The molecule has 2 nitrogen and oxygen atoms in total. The molecule has 0 aliphatic heterocycles. The molecule has 2 rings (SSSR count). The Bertz CT molecular complexity index is 578. The molecule has 0 bridgehead atoms. The Kier molecular flexibility index (Phi) is 3.54. The Morgan fingerprint density at radius 1 is 0.895 bits per heavy atom. The first-order valence-corrected chi connectivity index (χ1v) is 6.32. The third-order valence-corrected chi connectivity index (χ3v) is 3.37. The third-order valence-electron chi connectivity index (χ3n) is 3.37. The highest BCUT2D eigenvalue weighted by atomic mass is 16.3. The van der Waals surface area contributed by atoms with Gasteiger partial charge in [-0.25, -0.2) is 0 Å². The Balaban J connectivity index is 2.35. The van der Waals surface area contributed by atoms with Crippen LogP contribution >= 0.6 is 0 Å². The van der Waals surface area contributed by atoms with Crippen LogP contribution in [0.4, 0.5) is 0 Å². The molecular weight excluding hydrogens is 236 g/mol. The van der Waals surface area contributed by atoms with Gasteiger partial charge < -0.3 is 5.11 Å². The highest BCUT2D eigenvalue weighted by Gasteiger charge is 2.32. The van der Waals surface area contributed by atoms with Gasteiger partial charge in [0.2, 0.25) is 0 Å². The summed E-state index contributed by atoms with van der Waals surface area (Å²) in [6.45, 7) is 5.48. The lowest BCUT2D eigenvalue weighted by Crippen LogP contribution is -2.32. The minimum absolute atomic E-state index is 0.281. The van der Waals surface area contributed by atoms with Crippen molar-refractivity contribution in [2.24, 2.45) is 0 Å². The number of hydrogen-bond donors (Lipinski definition) is 1. The van der Waals surface area contributed by atoms with Crippen LogP contribution < -0.4 is 0 Å². The van der Waals surface area contributed by atoms with Crippen molar-refractivity contribution in [1.82, 2.24) is 0 Å². The van der Waals surface area contributed by atoms with Gasteiger partial charge in [0.1, 0.15) is 5.60 Å². The summed E-state index contributed by atoms with van der Waals surface area (Å²) in [5, 5.41) is 10.5. The summed E-state index contributed by atoms with van der Waals surface area (Å²) in [7, 11) is 0. The fraction of sp³-hybridized carbons (Fsp3) is 0.235. The van der Waals surface area contributed by atoms with E-state index in [2.05, 4.69) is 0 Å². The molecule has 1 atom stereocenters. The Morgan fingerprint density at radius 2 is 1.32 bits per heavy atom. The van der Waals surface area contributed by atoms with Crippen molar-refractivity contribution in [2.45, 2.75) is 26.4 Å². The molecule has 2 heteroatoms. The van der Waals surface area contributed by atoms with Gasteiger partial charge in [0, 0.05) is 5.56 Å². The topological polar surface area (TPSA) is 37.3 Å². The second-order valence-electron chi connectivity index (χ2n) is 5.13. The molecule has 0 amide bonds. The highest BCUT2D eigenvalue weighted by Crippen LogP contribution is 2.25. The molecule has 0 saturated carbocycles. The van der Waals surface area contributed by atoms with E-state index in [0.29, 0.717) is 11.1 Å². The monoisotopic (exact) mass is 254 g/mol. The van der Waals surface area contributed by atoms with E-state index < -0.39 is 5.60 Å². The van der Waals surface area contributed by atoms with Gasteiger partial charge in [-0.15, -0.1) is 0 Å². The summed E-state index contributed by atoms with van der Waals surface area (Å²) >= 11 is 0. The van der Waals surface area contributed by atoms with E-state index in [-0.39, 0.29) is 5.78 Å². The van der Waals surface area contributed by atoms with Crippen LogP contribution in [0, 0.1) is 13.8 Å². The molecular formula is C17H18O2. The summed E-state index contributed by atoms with van der Waals surface area (Å²) in [6.07, 6.45) is 0. The Labute approximate surface area is 113 Å². The van der Waals surface area contributed by atoms with Gasteiger partial charge >= 0.3 is 0 Å². The number of hydrogen-bond acceptors (Lipinski definition) is 2. The molecule has 1 unspecified atom stereocenters. The zero-order valence-corrected chi connectivity index (χ0v) is 11.5. The maximum Gasteiger partial charge on any atom is 0.198 e. The molecule has 2 aromatic carbocycles. The zero-order valence-electron chi connectivity index (χ0n) is 11.5. The summed E-state index contributed by atoms with van der Waals surface area (Å²) in [6, 6.07) is 14.6. The number of benzene rings is 2. The van der Waals surface area contributed by atoms with Gasteiger partial charge in [0.25, 0.3) is 0 Å². The fourth-order valence-electron chi connectivity index (χ4n) is 2.00. The molecule has 0 radical (unpaired) electrons. The van der Waals surface area contributed by atoms with E-state index >= 15 is 0 Å². The number of aryl methyl sites for hydroxylation is 2. The van der Waals surface area contributed by atoms with E-state index in [1.807, 2.05) is 38.1 Å². The zero-order chi connectivity index (χ0) is 14.0. The molecule has 0 aromatic heterocycles. The van der Waals surface area contributed by atoms with Gasteiger partial charge in [0.05, 0.1) is 0 Å². The van der Waals surface area contributed by atoms with Crippen LogP contribution in [0.3, 0.4) is 0 Å². The van der Waals surface area contributed by atoms with E-state index in [4.69, 9.17) is 0 Å². The lowest BCUT2D eigenvalue weighted by molar-refractivity contribution is 0.0392. The second-order valence-corrected chi connectivity index (χ2v) is 5.13. The van der Waals surface area contributed by atoms with Crippen LogP contribution in [0.1, 0.15) is 34.0 Å². The van der Waals surface area contributed by atoms with Crippen molar-refractivity contribution < 1.29 is 9.90 Å². The molecule has 0 heterocycles. The van der Waals surface area contributed by atoms with Crippen LogP contribution in [-0.4, -0.2) is 10.9 Å². The van der Waals surface area contributed by atoms with Crippen molar-refractivity contribution in [3.8, 4) is 0 Å². The molecule has 0 aliphatic rings. The quantitative estimate of drug-likeness (QED) is 0.852. The van der Waals surface area contributed by atoms with Crippen molar-refractivity contribution in [2.75, 3.05) is 0 Å². The second kappa shape index (κ2) is 4.98. The standard InChI is InChI=1S/C17H18O2/c1-12-4-8-14(9-5-12)16(18)17(3,19)15-10-6-13(2)7-11-15/h4-11,19H,1-3H3. The lowest BCUT2D eigenvalue weighted by Gasteiger charge is -2.22. The van der Waals surface area contributed by atoms with E-state index in [1.165, 1.54) is 0 Å². The van der Waals surface area contributed by atoms with Crippen LogP contribution in [0.15, 0.2) is 48.5 Å². The summed E-state index contributed by atoms with van der Waals surface area (Å²) < 4.78 is 0. The summed E-state index contributed by atoms with van der Waals surface area (Å²) in [5.41, 5.74) is 1.83. The first-order valence-electron chi connectivity index (χ1n) is 6.32. The molecule has 1 N–H and O–H groups in total. The van der Waals surface area contributed by atoms with E-state index in [0.717, 1.165) is 11.1 Å². The van der Waals surface area contributed by atoms with Gasteiger partial charge in [-0.3, -0.25) is 4.79 Å². The fourth-order valence-corrected chi connectivity index (χ4v) is 2.00. The highest BCUT2D eigenvalue weighted by molar-refractivity contribution is 6.02. The third kappa shape index (κ3) is 2.74. The Hall–Kier alpha value is -1.93. The van der Waals surface area contributed by atoms with Crippen molar-refractivity contribution in [3.63, 3.8) is 0 Å². The predicted molar refractivity (Wildman–Crippen MR) is 76.3 cm³/mol. The van der Waals surface area contributed by atoms with E-state index in [9.17, 15) is 9.90 Å². The molecule has 0 saturated heterocycles. The Morgan fingerprint density at radius 3 is 1.79 bits per heavy atom. The number of aliphatic hydroxyl groups is 1. The van der Waals surface area contributed by atoms with Gasteiger partial charge in [-0.05, 0) is 26.3 Å². The number of carbonyl (C=O) groups is 1. The molecule has 2 aromatic rings. The maximum absolute atomic E-state index is 12.4. The summed E-state index contributed by atoms with van der Waals surface area (Å²) in [4.78, 5) is 12.4. The van der Waals surface area contributed by atoms with Crippen molar-refractivity contribution in [1.29, 1.82) is 0 Å². The first kappa shape index (κ1) is 13.5. The largest absolute Gasteiger partial charge is 0.377 e. The maximum atomic E-state index is 12.4. The predicted octanol–water partition coefficient (Wildman–Crippen LogP) is 3.39. The van der Waals surface area contributed by atoms with Crippen molar-refractivity contribution in [3.05, 3.63) is 70.8 Å². The van der Waals surface area contributed by atoms with Gasteiger partial charge in [0.15, 0.2) is 5.78 Å². The molecule has 0 fully saturated rings. The average Bonchev–Trinajstić information content (AvgIpc) is 2.39. The van der Waals surface area contributed by atoms with E-state index in [1.54, 1.807) is 31.2 Å². The number of carbonyl (C=O) groups excluding carboxylic acids is 1. The van der Waals surface area contributed by atoms with Crippen molar-refractivity contribution >= 4 is 5.78 Å². The molecule has 19 heavy (non-hydrogen) atoms. The number of Topliss-reactive ketones (excluding diaryl/α,β-unsaturated/α-hetero) is 1. The average molecular weight is 254 g/mol. The number of rotatable bonds is 3. The lowest BCUT2D eigenvalue weighted by atomic mass is 9.87. The van der Waals surface area contributed by atoms with Gasteiger partial charge in [-0.2, -0.15) is 0 Å². The normalized spacial score (nSPS) is 13.9. The van der Waals surface area contributed by atoms with Crippen LogP contribution in [0.2, 0.25) is 0 Å². The molecule has 0 spiro atoms. The van der Waals surface area contributed by atoms with Crippen LogP contribution in [0.5, 0.6) is 0 Å². The minimum Gasteiger partial charge on any atom is -0.377 e. The molecule has 0 aliphatic carbocycles.